The van der Waals surface area contributed by atoms with Crippen LogP contribution in [0.4, 0.5) is 0 Å². The Morgan fingerprint density at radius 2 is 2.15 bits per heavy atom. The van der Waals surface area contributed by atoms with Gasteiger partial charge in [-0.15, -0.1) is 0 Å². The Hall–Kier alpha value is -0.830. The fourth-order valence-electron chi connectivity index (χ4n) is 1.69. The van der Waals surface area contributed by atoms with Crippen LogP contribution in [0.2, 0.25) is 0 Å². The van der Waals surface area contributed by atoms with Gasteiger partial charge in [0.2, 0.25) is 0 Å². The first-order chi connectivity index (χ1) is 6.33. The molecule has 2 rings (SSSR count). The first-order valence-corrected chi connectivity index (χ1v) is 5.19. The molecule has 0 aliphatic heterocycles. The van der Waals surface area contributed by atoms with Crippen LogP contribution in [0, 0.1) is 0 Å². The highest BCUT2D eigenvalue weighted by molar-refractivity contribution is 9.10. The molecule has 1 N–H and O–H groups in total. The largest absolute Gasteiger partial charge is 0.411 e. The van der Waals surface area contributed by atoms with Crippen molar-refractivity contribution < 1.29 is 5.21 Å². The van der Waals surface area contributed by atoms with Gasteiger partial charge >= 0.3 is 0 Å². The standard InChI is InChI=1S/C10H10BrNO/c11-9-6-5-7-3-1-2-4-8(7)10(9)12-13/h1-4,9,13H,5-6H2/b12-10-. The normalized spacial score (nSPS) is 24.4. The van der Waals surface area contributed by atoms with Gasteiger partial charge in [-0.3, -0.25) is 0 Å². The molecule has 1 aliphatic rings. The Kier molecular flexibility index (Phi) is 2.36. The van der Waals surface area contributed by atoms with Crippen molar-refractivity contribution >= 4 is 21.6 Å². The molecule has 1 atom stereocenters. The van der Waals surface area contributed by atoms with Gasteiger partial charge in [0.15, 0.2) is 0 Å². The van der Waals surface area contributed by atoms with Crippen molar-refractivity contribution in [2.75, 3.05) is 0 Å². The first-order valence-electron chi connectivity index (χ1n) is 4.27. The van der Waals surface area contributed by atoms with Gasteiger partial charge in [0.05, 0.1) is 4.83 Å². The van der Waals surface area contributed by atoms with Gasteiger partial charge in [0, 0.05) is 5.56 Å². The molecule has 0 aromatic heterocycles. The summed E-state index contributed by atoms with van der Waals surface area (Å²) >= 11 is 3.49. The number of oxime groups is 1. The van der Waals surface area contributed by atoms with Gasteiger partial charge in [-0.2, -0.15) is 0 Å². The lowest BCUT2D eigenvalue weighted by Crippen LogP contribution is -2.23. The minimum Gasteiger partial charge on any atom is -0.411 e. The zero-order valence-corrected chi connectivity index (χ0v) is 8.66. The molecule has 2 nitrogen and oxygen atoms in total. The number of halogens is 1. The molecule has 68 valence electrons. The minimum absolute atomic E-state index is 0.187. The average Bonchev–Trinajstić information content (AvgIpc) is 2.18. The van der Waals surface area contributed by atoms with Crippen LogP contribution < -0.4 is 0 Å². The molecule has 1 aromatic carbocycles. The number of nitrogens with zero attached hydrogens (tertiary/aromatic N) is 1. The van der Waals surface area contributed by atoms with E-state index in [1.54, 1.807) is 0 Å². The Balaban J connectivity index is 2.52. The second-order valence-electron chi connectivity index (χ2n) is 3.15. The molecule has 3 heteroatoms. The summed E-state index contributed by atoms with van der Waals surface area (Å²) in [4.78, 5) is 0.187. The predicted molar refractivity (Wildman–Crippen MR) is 55.8 cm³/mol. The van der Waals surface area contributed by atoms with Crippen LogP contribution in [0.1, 0.15) is 17.5 Å². The van der Waals surface area contributed by atoms with E-state index in [1.165, 1.54) is 5.56 Å². The van der Waals surface area contributed by atoms with Crippen molar-refractivity contribution in [3.05, 3.63) is 35.4 Å². The molecule has 0 spiro atoms. The summed E-state index contributed by atoms with van der Waals surface area (Å²) in [7, 11) is 0. The number of aryl methyl sites for hydroxylation is 1. The highest BCUT2D eigenvalue weighted by Gasteiger charge is 2.23. The lowest BCUT2D eigenvalue weighted by Gasteiger charge is -2.20. The van der Waals surface area contributed by atoms with Crippen LogP contribution in [-0.2, 0) is 6.42 Å². The molecule has 0 fully saturated rings. The quantitative estimate of drug-likeness (QED) is 0.422. The lowest BCUT2D eigenvalue weighted by molar-refractivity contribution is 0.318. The summed E-state index contributed by atoms with van der Waals surface area (Å²) < 4.78 is 0. The maximum Gasteiger partial charge on any atom is 0.101 e. The number of benzene rings is 1. The summed E-state index contributed by atoms with van der Waals surface area (Å²) in [6.07, 6.45) is 2.04. The zero-order chi connectivity index (χ0) is 9.26. The molecule has 0 bridgehead atoms. The molecule has 0 saturated carbocycles. The van der Waals surface area contributed by atoms with Gasteiger partial charge in [0.1, 0.15) is 5.71 Å². The van der Waals surface area contributed by atoms with E-state index in [0.717, 1.165) is 24.1 Å². The van der Waals surface area contributed by atoms with Crippen LogP contribution in [0.3, 0.4) is 0 Å². The molecule has 0 saturated heterocycles. The molecule has 0 heterocycles. The molecule has 1 aromatic rings. The van der Waals surface area contributed by atoms with Crippen molar-refractivity contribution in [3.8, 4) is 0 Å². The van der Waals surface area contributed by atoms with Crippen molar-refractivity contribution in [1.82, 2.24) is 0 Å². The van der Waals surface area contributed by atoms with E-state index < -0.39 is 0 Å². The van der Waals surface area contributed by atoms with Crippen molar-refractivity contribution in [1.29, 1.82) is 0 Å². The van der Waals surface area contributed by atoms with Gasteiger partial charge in [-0.1, -0.05) is 45.4 Å². The minimum atomic E-state index is 0.187. The van der Waals surface area contributed by atoms with Crippen LogP contribution in [0.15, 0.2) is 29.4 Å². The third-order valence-corrected chi connectivity index (χ3v) is 3.26. The number of hydrogen-bond acceptors (Lipinski definition) is 2. The average molecular weight is 240 g/mol. The molecule has 0 radical (unpaired) electrons. The smallest absolute Gasteiger partial charge is 0.101 e. The number of rotatable bonds is 0. The number of hydrogen-bond donors (Lipinski definition) is 1. The summed E-state index contributed by atoms with van der Waals surface area (Å²) in [5, 5.41) is 12.2. The maximum absolute atomic E-state index is 8.87. The van der Waals surface area contributed by atoms with Gasteiger partial charge in [-0.05, 0) is 18.4 Å². The van der Waals surface area contributed by atoms with Crippen LogP contribution in [-0.4, -0.2) is 15.7 Å². The summed E-state index contributed by atoms with van der Waals surface area (Å²) in [6, 6.07) is 8.06. The third-order valence-electron chi connectivity index (χ3n) is 2.36. The monoisotopic (exact) mass is 239 g/mol. The van der Waals surface area contributed by atoms with Crippen LogP contribution in [0.5, 0.6) is 0 Å². The van der Waals surface area contributed by atoms with Gasteiger partial charge in [-0.25, -0.2) is 0 Å². The van der Waals surface area contributed by atoms with Gasteiger partial charge in [0.25, 0.3) is 0 Å². The topological polar surface area (TPSA) is 32.6 Å². The number of alkyl halides is 1. The van der Waals surface area contributed by atoms with E-state index in [-0.39, 0.29) is 4.83 Å². The molecular weight excluding hydrogens is 230 g/mol. The zero-order valence-electron chi connectivity index (χ0n) is 7.07. The summed E-state index contributed by atoms with van der Waals surface area (Å²) in [6.45, 7) is 0. The fourth-order valence-corrected chi connectivity index (χ4v) is 2.26. The van der Waals surface area contributed by atoms with E-state index >= 15 is 0 Å². The molecule has 1 aliphatic carbocycles. The Labute approximate surface area is 85.4 Å². The molecule has 0 amide bonds. The molecule has 13 heavy (non-hydrogen) atoms. The third kappa shape index (κ3) is 1.48. The Morgan fingerprint density at radius 3 is 2.92 bits per heavy atom. The van der Waals surface area contributed by atoms with E-state index in [9.17, 15) is 0 Å². The maximum atomic E-state index is 8.87. The SMILES string of the molecule is O/N=C1/c2ccccc2CCC1Br. The lowest BCUT2D eigenvalue weighted by atomic mass is 9.90. The highest BCUT2D eigenvalue weighted by atomic mass is 79.9. The van der Waals surface area contributed by atoms with E-state index in [0.29, 0.717) is 0 Å². The summed E-state index contributed by atoms with van der Waals surface area (Å²) in [5.74, 6) is 0. The highest BCUT2D eigenvalue weighted by Crippen LogP contribution is 2.25. The van der Waals surface area contributed by atoms with Crippen LogP contribution in [0.25, 0.3) is 0 Å². The molecule has 1 unspecified atom stereocenters. The van der Waals surface area contributed by atoms with E-state index in [4.69, 9.17) is 5.21 Å². The summed E-state index contributed by atoms with van der Waals surface area (Å²) in [5.41, 5.74) is 3.09. The predicted octanol–water partition coefficient (Wildman–Crippen LogP) is 2.57. The van der Waals surface area contributed by atoms with E-state index in [2.05, 4.69) is 27.2 Å². The second kappa shape index (κ2) is 3.50. The van der Waals surface area contributed by atoms with E-state index in [1.807, 2.05) is 18.2 Å². The fraction of sp³-hybridized carbons (Fsp3) is 0.300. The second-order valence-corrected chi connectivity index (χ2v) is 4.25. The van der Waals surface area contributed by atoms with Crippen LogP contribution >= 0.6 is 15.9 Å². The van der Waals surface area contributed by atoms with Gasteiger partial charge < -0.3 is 5.21 Å². The first kappa shape index (κ1) is 8.75. The number of fused-ring (bicyclic) bond motifs is 1. The van der Waals surface area contributed by atoms with Crippen molar-refractivity contribution in [2.24, 2.45) is 5.16 Å². The Bertz CT molecular complexity index is 349. The molecular formula is C10H10BrNO. The van der Waals surface area contributed by atoms with Crippen molar-refractivity contribution in [3.63, 3.8) is 0 Å². The Morgan fingerprint density at radius 1 is 1.38 bits per heavy atom. The van der Waals surface area contributed by atoms with Crippen molar-refractivity contribution in [2.45, 2.75) is 17.7 Å².